The Bertz CT molecular complexity index is 2910. The van der Waals surface area contributed by atoms with Crippen LogP contribution < -0.4 is 9.47 Å². The Balaban J connectivity index is 1.08. The van der Waals surface area contributed by atoms with Gasteiger partial charge in [-0.3, -0.25) is 0 Å². The Hall–Kier alpha value is -7.12. The Morgan fingerprint density at radius 3 is 1.13 bits per heavy atom. The highest BCUT2D eigenvalue weighted by Crippen LogP contribution is 2.43. The molecule has 0 fully saturated rings. The van der Waals surface area contributed by atoms with E-state index in [0.717, 1.165) is 66.8 Å². The summed E-state index contributed by atoms with van der Waals surface area (Å²) in [6.07, 6.45) is 0. The maximum atomic E-state index is 9.80. The van der Waals surface area contributed by atoms with Crippen molar-refractivity contribution in [3.8, 4) is 45.1 Å². The second-order valence-corrected chi connectivity index (χ2v) is 16.0. The summed E-state index contributed by atoms with van der Waals surface area (Å²) in [6.45, 7) is 4.70. The first-order chi connectivity index (χ1) is 29.9. The molecule has 61 heavy (non-hydrogen) atoms. The topological polar surface area (TPSA) is 68.8 Å². The zero-order valence-corrected chi connectivity index (χ0v) is 34.3. The van der Waals surface area contributed by atoms with Gasteiger partial charge in [0.15, 0.2) is 0 Å². The van der Waals surface area contributed by atoms with Crippen LogP contribution in [0, 0.1) is 0 Å². The molecule has 0 unspecified atom stereocenters. The third-order valence-electron chi connectivity index (χ3n) is 12.1. The van der Waals surface area contributed by atoms with E-state index in [9.17, 15) is 10.2 Å². The van der Waals surface area contributed by atoms with Gasteiger partial charge in [-0.2, -0.15) is 0 Å². The Morgan fingerprint density at radius 2 is 0.770 bits per heavy atom. The van der Waals surface area contributed by atoms with E-state index < -0.39 is 5.41 Å². The van der Waals surface area contributed by atoms with Crippen molar-refractivity contribution < 1.29 is 19.7 Å². The van der Waals surface area contributed by atoms with Crippen LogP contribution in [0.4, 0.5) is 0 Å². The summed E-state index contributed by atoms with van der Waals surface area (Å²) in [6, 6.07) is 64.2. The fourth-order valence-corrected chi connectivity index (χ4v) is 9.04. The number of ether oxygens (including phenoxy) is 2. The lowest BCUT2D eigenvalue weighted by molar-refractivity contribution is 0.202. The lowest BCUT2D eigenvalue weighted by Crippen LogP contribution is -2.19. The van der Waals surface area contributed by atoms with Gasteiger partial charge < -0.3 is 28.8 Å². The molecule has 0 atom stereocenters. The number of fused-ring (bicyclic) bond motifs is 6. The summed E-state index contributed by atoms with van der Waals surface area (Å²) in [5.74, 6) is 1.42. The summed E-state index contributed by atoms with van der Waals surface area (Å²) >= 11 is 0. The van der Waals surface area contributed by atoms with Gasteiger partial charge in [0, 0.05) is 49.5 Å². The smallest absolute Gasteiger partial charge is 0.127 e. The van der Waals surface area contributed by atoms with Crippen LogP contribution in [0.1, 0.15) is 25.0 Å². The van der Waals surface area contributed by atoms with Crippen molar-refractivity contribution in [3.05, 3.63) is 193 Å². The molecule has 300 valence electrons. The second-order valence-electron chi connectivity index (χ2n) is 16.0. The van der Waals surface area contributed by atoms with Gasteiger partial charge in [-0.25, -0.2) is 0 Å². The highest BCUT2D eigenvalue weighted by molar-refractivity contribution is 6.10. The summed E-state index contributed by atoms with van der Waals surface area (Å²) in [7, 11) is 0. The van der Waals surface area contributed by atoms with Gasteiger partial charge in [0.2, 0.25) is 0 Å². The van der Waals surface area contributed by atoms with Crippen LogP contribution in [0.3, 0.4) is 0 Å². The first kappa shape index (κ1) is 38.1. The molecule has 2 heterocycles. The summed E-state index contributed by atoms with van der Waals surface area (Å²) in [4.78, 5) is 0. The number of aliphatic hydroxyl groups excluding tert-OH is 2. The van der Waals surface area contributed by atoms with Gasteiger partial charge in [0.1, 0.15) is 24.7 Å². The SMILES string of the molecule is CC(C)(c1ccc(OCCO)c(-c2cccc(-n3c4ccccc4c4ccccc43)c2)c1)c1ccc(OCCO)c(-c2cccc(-n3c4ccccc4c4ccccc43)c2)c1. The number of benzene rings is 8. The molecule has 0 amide bonds. The van der Waals surface area contributed by atoms with Crippen LogP contribution >= 0.6 is 0 Å². The molecule has 8 aromatic carbocycles. The number of hydrogen-bond acceptors (Lipinski definition) is 4. The minimum Gasteiger partial charge on any atom is -0.491 e. The molecule has 0 saturated heterocycles. The van der Waals surface area contributed by atoms with Crippen LogP contribution in [0.25, 0.3) is 77.2 Å². The average Bonchev–Trinajstić information content (AvgIpc) is 3.83. The second kappa shape index (κ2) is 15.8. The van der Waals surface area contributed by atoms with Gasteiger partial charge in [-0.05, 0) is 95.1 Å². The lowest BCUT2D eigenvalue weighted by atomic mass is 9.76. The largest absolute Gasteiger partial charge is 0.491 e. The minimum atomic E-state index is -0.455. The van der Waals surface area contributed by atoms with Crippen molar-refractivity contribution in [2.75, 3.05) is 26.4 Å². The van der Waals surface area contributed by atoms with Gasteiger partial charge in [-0.15, -0.1) is 0 Å². The van der Waals surface area contributed by atoms with Gasteiger partial charge in [0.25, 0.3) is 0 Å². The number of rotatable bonds is 12. The molecular formula is C55H46N2O4. The molecule has 0 aliphatic carbocycles. The standard InChI is InChI=1S/C55H46N2O4/c1-55(2,39-25-27-53(60-31-29-58)47(35-39)37-13-11-15-41(33-37)56-49-21-7-3-17-43(49)44-18-4-8-22-50(44)56)40-26-28-54(61-32-30-59)48(36-40)38-14-12-16-42(34-38)57-51-23-9-5-19-45(51)46-20-6-10-24-52(46)57/h3-28,33-36,58-59H,29-32H2,1-2H3. The van der Waals surface area contributed by atoms with Crippen LogP contribution in [-0.2, 0) is 5.41 Å². The van der Waals surface area contributed by atoms with Gasteiger partial charge >= 0.3 is 0 Å². The van der Waals surface area contributed by atoms with Crippen LogP contribution in [-0.4, -0.2) is 45.8 Å². The summed E-state index contributed by atoms with van der Waals surface area (Å²) in [5, 5.41) is 24.4. The molecule has 0 bridgehead atoms. The average molecular weight is 799 g/mol. The molecule has 10 aromatic rings. The van der Waals surface area contributed by atoms with E-state index in [4.69, 9.17) is 9.47 Å². The number of nitrogens with zero attached hydrogens (tertiary/aromatic N) is 2. The van der Waals surface area contributed by atoms with Gasteiger partial charge in [-0.1, -0.05) is 123 Å². The Morgan fingerprint density at radius 1 is 0.410 bits per heavy atom. The number of para-hydroxylation sites is 4. The van der Waals surface area contributed by atoms with Crippen molar-refractivity contribution in [2.45, 2.75) is 19.3 Å². The van der Waals surface area contributed by atoms with E-state index in [-0.39, 0.29) is 26.4 Å². The molecule has 2 aromatic heterocycles. The van der Waals surface area contributed by atoms with Gasteiger partial charge in [0.05, 0.1) is 35.3 Å². The first-order valence-electron chi connectivity index (χ1n) is 20.9. The van der Waals surface area contributed by atoms with E-state index in [1.54, 1.807) is 0 Å². The fourth-order valence-electron chi connectivity index (χ4n) is 9.04. The molecule has 10 rings (SSSR count). The number of hydrogen-bond donors (Lipinski definition) is 2. The fraction of sp³-hybridized carbons (Fsp3) is 0.127. The monoisotopic (exact) mass is 798 g/mol. The van der Waals surface area contributed by atoms with E-state index in [2.05, 4.69) is 193 Å². The van der Waals surface area contributed by atoms with E-state index in [1.165, 1.54) is 21.5 Å². The molecule has 6 heteroatoms. The quantitative estimate of drug-likeness (QED) is 0.129. The molecule has 0 aliphatic rings. The van der Waals surface area contributed by atoms with Crippen LogP contribution in [0.5, 0.6) is 11.5 Å². The predicted octanol–water partition coefficient (Wildman–Crippen LogP) is 12.3. The van der Waals surface area contributed by atoms with Crippen LogP contribution in [0.2, 0.25) is 0 Å². The summed E-state index contributed by atoms with van der Waals surface area (Å²) in [5.41, 5.74) is 12.4. The molecule has 0 radical (unpaired) electrons. The minimum absolute atomic E-state index is 0.0838. The summed E-state index contributed by atoms with van der Waals surface area (Å²) < 4.78 is 17.1. The third-order valence-corrected chi connectivity index (χ3v) is 12.1. The number of aliphatic hydroxyl groups is 2. The lowest BCUT2D eigenvalue weighted by Gasteiger charge is -2.28. The molecule has 0 aliphatic heterocycles. The maximum absolute atomic E-state index is 9.80. The molecule has 6 nitrogen and oxygen atoms in total. The van der Waals surface area contributed by atoms with Crippen molar-refractivity contribution in [1.82, 2.24) is 9.13 Å². The van der Waals surface area contributed by atoms with E-state index >= 15 is 0 Å². The zero-order chi connectivity index (χ0) is 41.5. The van der Waals surface area contributed by atoms with Crippen molar-refractivity contribution in [3.63, 3.8) is 0 Å². The van der Waals surface area contributed by atoms with E-state index in [1.807, 2.05) is 12.1 Å². The molecule has 0 saturated carbocycles. The van der Waals surface area contributed by atoms with E-state index in [0.29, 0.717) is 11.5 Å². The van der Waals surface area contributed by atoms with Crippen molar-refractivity contribution in [2.24, 2.45) is 0 Å². The molecule has 2 N–H and O–H groups in total. The predicted molar refractivity (Wildman–Crippen MR) is 250 cm³/mol. The molecule has 0 spiro atoms. The van der Waals surface area contributed by atoms with Crippen molar-refractivity contribution >= 4 is 43.6 Å². The maximum Gasteiger partial charge on any atom is 0.127 e. The highest BCUT2D eigenvalue weighted by atomic mass is 16.5. The normalized spacial score (nSPS) is 11.9. The zero-order valence-electron chi connectivity index (χ0n) is 34.3. The van der Waals surface area contributed by atoms with Crippen molar-refractivity contribution in [1.29, 1.82) is 0 Å². The Labute approximate surface area is 355 Å². The number of aromatic nitrogens is 2. The first-order valence-corrected chi connectivity index (χ1v) is 20.9. The Kier molecular flexibility index (Phi) is 9.88. The highest BCUT2D eigenvalue weighted by Gasteiger charge is 2.27. The van der Waals surface area contributed by atoms with Crippen LogP contribution in [0.15, 0.2) is 182 Å². The third kappa shape index (κ3) is 6.71. The molecular weight excluding hydrogens is 753 g/mol.